The van der Waals surface area contributed by atoms with Crippen molar-refractivity contribution in [2.45, 2.75) is 38.5 Å². The topological polar surface area (TPSA) is 110 Å². The van der Waals surface area contributed by atoms with Crippen LogP contribution in [-0.4, -0.2) is 70.0 Å². The van der Waals surface area contributed by atoms with Crippen LogP contribution in [0.1, 0.15) is 36.2 Å². The molecule has 0 spiro atoms. The number of aryl methyl sites for hydroxylation is 2. The van der Waals surface area contributed by atoms with E-state index >= 15 is 0 Å². The number of carboxylic acids is 2. The molecule has 9 heteroatoms. The minimum absolute atomic E-state index is 0.164. The van der Waals surface area contributed by atoms with Crippen molar-refractivity contribution in [2.24, 2.45) is 0 Å². The van der Waals surface area contributed by atoms with E-state index in [9.17, 15) is 14.0 Å². The number of hydrogen-bond acceptors (Lipinski definition) is 5. The number of benzene rings is 1. The maximum absolute atomic E-state index is 13.0. The molecule has 0 saturated carbocycles. The second-order valence-electron chi connectivity index (χ2n) is 8.25. The number of carboxylic acid groups (broad SMARTS) is 2. The van der Waals surface area contributed by atoms with Crippen molar-refractivity contribution in [3.05, 3.63) is 59.2 Å². The van der Waals surface area contributed by atoms with Crippen LogP contribution in [0.25, 0.3) is 0 Å². The van der Waals surface area contributed by atoms with E-state index in [1.165, 1.54) is 42.6 Å². The van der Waals surface area contributed by atoms with Gasteiger partial charge in [0, 0.05) is 49.7 Å². The molecule has 178 valence electrons. The number of piperazine rings is 1. The average Bonchev–Trinajstić information content (AvgIpc) is 3.22. The van der Waals surface area contributed by atoms with Crippen molar-refractivity contribution in [3.8, 4) is 0 Å². The maximum atomic E-state index is 13.0. The zero-order valence-corrected chi connectivity index (χ0v) is 18.7. The summed E-state index contributed by atoms with van der Waals surface area (Å²) in [6.07, 6.45) is 8.37. The van der Waals surface area contributed by atoms with Crippen molar-refractivity contribution in [1.82, 2.24) is 15.1 Å². The third-order valence-corrected chi connectivity index (χ3v) is 5.96. The van der Waals surface area contributed by atoms with Crippen LogP contribution in [0, 0.1) is 5.82 Å². The number of aromatic amines is 1. The Hall–Kier alpha value is -3.20. The van der Waals surface area contributed by atoms with Gasteiger partial charge in [0.15, 0.2) is 0 Å². The molecule has 4 rings (SSSR count). The summed E-state index contributed by atoms with van der Waals surface area (Å²) in [6.45, 7) is 5.35. The fraction of sp³-hybridized carbons (Fsp3) is 0.458. The number of nitrogens with one attached hydrogen (secondary N) is 1. The van der Waals surface area contributed by atoms with Crippen molar-refractivity contribution >= 4 is 17.6 Å². The van der Waals surface area contributed by atoms with E-state index in [-0.39, 0.29) is 5.82 Å². The number of nitrogens with zero attached hydrogens (tertiary/aromatic N) is 3. The summed E-state index contributed by atoms with van der Waals surface area (Å²) in [4.78, 5) is 24.0. The van der Waals surface area contributed by atoms with Gasteiger partial charge in [-0.2, -0.15) is 5.10 Å². The standard InChI is InChI=1S/C20H27FN4.C4H4O4/c21-16-7-9-17(10-8-16)25-14-12-24(13-15-25)11-3-6-20-18-4-1-2-5-19(18)22-23-20;5-3(6)1-2-4(7)8/h7-10H,1-6,11-15H2,(H,22,23);1-2H,(H,5,6)(H,7,8)/b;2-1-. The van der Waals surface area contributed by atoms with Crippen LogP contribution in [0.4, 0.5) is 10.1 Å². The lowest BCUT2D eigenvalue weighted by Gasteiger charge is -2.36. The van der Waals surface area contributed by atoms with Gasteiger partial charge < -0.3 is 15.1 Å². The van der Waals surface area contributed by atoms with E-state index in [1.807, 2.05) is 12.1 Å². The second-order valence-corrected chi connectivity index (χ2v) is 8.25. The molecular weight excluding hydrogens is 427 g/mol. The Morgan fingerprint density at radius 3 is 2.27 bits per heavy atom. The van der Waals surface area contributed by atoms with Gasteiger partial charge in [-0.05, 0) is 74.9 Å². The van der Waals surface area contributed by atoms with Crippen LogP contribution in [0.5, 0.6) is 0 Å². The summed E-state index contributed by atoms with van der Waals surface area (Å²) in [7, 11) is 0. The molecule has 1 aliphatic carbocycles. The van der Waals surface area contributed by atoms with E-state index in [0.717, 1.165) is 51.3 Å². The molecule has 2 heterocycles. The van der Waals surface area contributed by atoms with Gasteiger partial charge in [0.25, 0.3) is 0 Å². The Morgan fingerprint density at radius 2 is 1.64 bits per heavy atom. The monoisotopic (exact) mass is 458 g/mol. The summed E-state index contributed by atoms with van der Waals surface area (Å²) >= 11 is 0. The number of rotatable bonds is 7. The summed E-state index contributed by atoms with van der Waals surface area (Å²) in [5, 5.41) is 23.4. The summed E-state index contributed by atoms with van der Waals surface area (Å²) < 4.78 is 13.0. The third-order valence-electron chi connectivity index (χ3n) is 5.96. The van der Waals surface area contributed by atoms with Crippen LogP contribution >= 0.6 is 0 Å². The highest BCUT2D eigenvalue weighted by molar-refractivity contribution is 5.89. The van der Waals surface area contributed by atoms with E-state index in [2.05, 4.69) is 20.0 Å². The van der Waals surface area contributed by atoms with E-state index in [4.69, 9.17) is 10.2 Å². The van der Waals surface area contributed by atoms with Gasteiger partial charge in [0.1, 0.15) is 5.82 Å². The van der Waals surface area contributed by atoms with E-state index in [0.29, 0.717) is 12.2 Å². The smallest absolute Gasteiger partial charge is 0.328 e. The van der Waals surface area contributed by atoms with Crippen molar-refractivity contribution in [3.63, 3.8) is 0 Å². The van der Waals surface area contributed by atoms with Crippen LogP contribution in [0.3, 0.4) is 0 Å². The number of anilines is 1. The first kappa shape index (κ1) is 24.4. The number of carbonyl (C=O) groups is 2. The third kappa shape index (κ3) is 7.71. The fourth-order valence-electron chi connectivity index (χ4n) is 4.25. The molecule has 0 atom stereocenters. The van der Waals surface area contributed by atoms with Gasteiger partial charge in [-0.25, -0.2) is 14.0 Å². The van der Waals surface area contributed by atoms with Crippen LogP contribution in [0.2, 0.25) is 0 Å². The molecule has 2 aromatic rings. The maximum Gasteiger partial charge on any atom is 0.328 e. The van der Waals surface area contributed by atoms with E-state index < -0.39 is 11.9 Å². The number of fused-ring (bicyclic) bond motifs is 1. The Kier molecular flexibility index (Phi) is 9.00. The lowest BCUT2D eigenvalue weighted by molar-refractivity contribution is -0.134. The van der Waals surface area contributed by atoms with Gasteiger partial charge in [-0.1, -0.05) is 0 Å². The molecular formula is C24H31FN4O4. The van der Waals surface area contributed by atoms with Crippen molar-refractivity contribution < 1.29 is 24.2 Å². The molecule has 3 N–H and O–H groups in total. The molecule has 8 nitrogen and oxygen atoms in total. The second kappa shape index (κ2) is 12.2. The molecule has 0 amide bonds. The number of aliphatic carboxylic acids is 2. The molecule has 1 aromatic heterocycles. The first-order valence-corrected chi connectivity index (χ1v) is 11.3. The predicted octanol–water partition coefficient (Wildman–Crippen LogP) is 2.89. The highest BCUT2D eigenvalue weighted by atomic mass is 19.1. The van der Waals surface area contributed by atoms with Gasteiger partial charge >= 0.3 is 11.9 Å². The largest absolute Gasteiger partial charge is 0.478 e. The van der Waals surface area contributed by atoms with Crippen LogP contribution in [0.15, 0.2) is 36.4 Å². The molecule has 0 bridgehead atoms. The molecule has 0 unspecified atom stereocenters. The summed E-state index contributed by atoms with van der Waals surface area (Å²) in [5.41, 5.74) is 5.33. The van der Waals surface area contributed by atoms with E-state index in [1.54, 1.807) is 12.1 Å². The van der Waals surface area contributed by atoms with Crippen LogP contribution in [-0.2, 0) is 28.9 Å². The zero-order valence-electron chi connectivity index (χ0n) is 18.7. The molecule has 1 aromatic carbocycles. The minimum atomic E-state index is -1.26. The SMILES string of the molecule is Fc1ccc(N2CCN(CCCc3[nH]nc4c3CCCC4)CC2)cc1.O=C(O)/C=C\C(=O)O. The quantitative estimate of drug-likeness (QED) is 0.547. The van der Waals surface area contributed by atoms with Gasteiger partial charge in [0.2, 0.25) is 0 Å². The number of halogens is 1. The number of H-pyrrole nitrogens is 1. The Labute approximate surface area is 192 Å². The van der Waals surface area contributed by atoms with Crippen molar-refractivity contribution in [2.75, 3.05) is 37.6 Å². The van der Waals surface area contributed by atoms with Gasteiger partial charge in [-0.15, -0.1) is 0 Å². The molecule has 1 saturated heterocycles. The Bertz CT molecular complexity index is 934. The first-order valence-electron chi connectivity index (χ1n) is 11.3. The number of aromatic nitrogens is 2. The molecule has 1 fully saturated rings. The van der Waals surface area contributed by atoms with Gasteiger partial charge in [0.05, 0.1) is 5.69 Å². The zero-order chi connectivity index (χ0) is 23.6. The fourth-order valence-corrected chi connectivity index (χ4v) is 4.25. The lowest BCUT2D eigenvalue weighted by Crippen LogP contribution is -2.46. The average molecular weight is 459 g/mol. The Morgan fingerprint density at radius 1 is 1.00 bits per heavy atom. The molecule has 33 heavy (non-hydrogen) atoms. The first-order chi connectivity index (χ1) is 15.9. The highest BCUT2D eigenvalue weighted by Gasteiger charge is 2.19. The highest BCUT2D eigenvalue weighted by Crippen LogP contribution is 2.23. The van der Waals surface area contributed by atoms with Gasteiger partial charge in [-0.3, -0.25) is 10.00 Å². The summed E-state index contributed by atoms with van der Waals surface area (Å²) in [6, 6.07) is 6.86. The normalized spacial score (nSPS) is 16.2. The molecule has 2 aliphatic rings. The molecule has 1 aliphatic heterocycles. The summed E-state index contributed by atoms with van der Waals surface area (Å²) in [5.74, 6) is -2.68. The van der Waals surface area contributed by atoms with Crippen molar-refractivity contribution in [1.29, 1.82) is 0 Å². The number of hydrogen-bond donors (Lipinski definition) is 3. The Balaban J connectivity index is 0.000000331. The van der Waals surface area contributed by atoms with Crippen LogP contribution < -0.4 is 4.90 Å². The lowest BCUT2D eigenvalue weighted by atomic mass is 9.94. The minimum Gasteiger partial charge on any atom is -0.478 e. The molecule has 0 radical (unpaired) electrons. The predicted molar refractivity (Wildman–Crippen MR) is 123 cm³/mol.